The number of nitrogens with zero attached hydrogens (tertiary/aromatic N) is 1. The minimum Gasteiger partial charge on any atom is -0.494 e. The first-order valence-electron chi connectivity index (χ1n) is 20.8. The average molecular weight is 676 g/mol. The Balaban J connectivity index is 1.39. The van der Waals surface area contributed by atoms with Crippen LogP contribution in [0.5, 0.6) is 5.75 Å². The molecule has 1 saturated heterocycles. The second-order valence-corrected chi connectivity index (χ2v) is 14.9. The molecule has 2 aromatic carbocycles. The van der Waals surface area contributed by atoms with Crippen LogP contribution in [-0.2, 0) is 16.0 Å². The largest absolute Gasteiger partial charge is 0.494 e. The zero-order chi connectivity index (χ0) is 34.9. The highest BCUT2D eigenvalue weighted by Crippen LogP contribution is 2.32. The third-order valence-electron chi connectivity index (χ3n) is 10.9. The van der Waals surface area contributed by atoms with E-state index in [1.807, 2.05) is 0 Å². The summed E-state index contributed by atoms with van der Waals surface area (Å²) in [6.07, 6.45) is 26.8. The number of carbonyl (C=O) groups is 1. The summed E-state index contributed by atoms with van der Waals surface area (Å²) in [6, 6.07) is 17.1. The molecule has 0 aromatic heterocycles. The van der Waals surface area contributed by atoms with E-state index in [4.69, 9.17) is 9.47 Å². The number of benzene rings is 2. The number of hydrogen-bond acceptors (Lipinski definition) is 4. The van der Waals surface area contributed by atoms with Crippen LogP contribution in [-0.4, -0.2) is 36.8 Å². The summed E-state index contributed by atoms with van der Waals surface area (Å²) >= 11 is 0. The van der Waals surface area contributed by atoms with Gasteiger partial charge < -0.3 is 9.47 Å². The fourth-order valence-electron chi connectivity index (χ4n) is 7.57. The maximum atomic E-state index is 13.2. The Bertz CT molecular complexity index is 1090. The van der Waals surface area contributed by atoms with Crippen molar-refractivity contribution >= 4 is 5.97 Å². The van der Waals surface area contributed by atoms with E-state index >= 15 is 0 Å². The Morgan fingerprint density at radius 2 is 1.10 bits per heavy atom. The molecule has 0 N–H and O–H groups in total. The molecule has 0 bridgehead atoms. The summed E-state index contributed by atoms with van der Waals surface area (Å²) in [7, 11) is 0. The molecule has 1 fully saturated rings. The Morgan fingerprint density at radius 1 is 0.633 bits per heavy atom. The second-order valence-electron chi connectivity index (χ2n) is 14.9. The zero-order valence-electron chi connectivity index (χ0n) is 32.2. The van der Waals surface area contributed by atoms with Crippen molar-refractivity contribution in [3.63, 3.8) is 0 Å². The van der Waals surface area contributed by atoms with E-state index in [1.54, 1.807) is 0 Å². The van der Waals surface area contributed by atoms with Gasteiger partial charge in [-0.2, -0.15) is 0 Å². The van der Waals surface area contributed by atoms with Gasteiger partial charge in [0, 0.05) is 19.5 Å². The first-order valence-corrected chi connectivity index (χ1v) is 20.8. The molecule has 0 saturated carbocycles. The first-order chi connectivity index (χ1) is 24.1. The van der Waals surface area contributed by atoms with Gasteiger partial charge in [0.1, 0.15) is 5.75 Å². The number of ether oxygens (including phenoxy) is 2. The van der Waals surface area contributed by atoms with Crippen molar-refractivity contribution in [2.75, 3.05) is 19.7 Å². The smallest absolute Gasteiger partial charge is 0.307 e. The van der Waals surface area contributed by atoms with E-state index in [0.717, 1.165) is 56.5 Å². The van der Waals surface area contributed by atoms with E-state index in [1.165, 1.54) is 126 Å². The lowest BCUT2D eigenvalue weighted by molar-refractivity contribution is -0.159. The van der Waals surface area contributed by atoms with Crippen LogP contribution in [0.2, 0.25) is 0 Å². The van der Waals surface area contributed by atoms with E-state index in [-0.39, 0.29) is 12.2 Å². The lowest BCUT2D eigenvalue weighted by Gasteiger charge is -2.28. The lowest BCUT2D eigenvalue weighted by atomic mass is 9.92. The van der Waals surface area contributed by atoms with Gasteiger partial charge in [-0.25, -0.2) is 0 Å². The van der Waals surface area contributed by atoms with Gasteiger partial charge in [-0.1, -0.05) is 173 Å². The average Bonchev–Trinajstić information content (AvgIpc) is 3.56. The molecule has 49 heavy (non-hydrogen) atoms. The molecule has 3 unspecified atom stereocenters. The Morgan fingerprint density at radius 3 is 1.61 bits per heavy atom. The number of likely N-dealkylation sites (tertiary alicyclic amines) is 1. The van der Waals surface area contributed by atoms with Crippen LogP contribution < -0.4 is 4.74 Å². The molecule has 0 spiro atoms. The summed E-state index contributed by atoms with van der Waals surface area (Å²) in [5.74, 6) is 2.33. The summed E-state index contributed by atoms with van der Waals surface area (Å²) in [5.41, 5.74) is 3.55. The third kappa shape index (κ3) is 16.5. The van der Waals surface area contributed by atoms with Gasteiger partial charge in [-0.05, 0) is 66.3 Å². The van der Waals surface area contributed by atoms with Gasteiger partial charge >= 0.3 is 5.97 Å². The molecule has 2 aromatic rings. The highest BCUT2D eigenvalue weighted by Gasteiger charge is 2.35. The maximum absolute atomic E-state index is 13.2. The Kier molecular flexibility index (Phi) is 21.5. The highest BCUT2D eigenvalue weighted by atomic mass is 16.6. The van der Waals surface area contributed by atoms with Gasteiger partial charge in [0.25, 0.3) is 0 Å². The highest BCUT2D eigenvalue weighted by molar-refractivity contribution is 5.70. The summed E-state index contributed by atoms with van der Waals surface area (Å²) in [6.45, 7) is 12.1. The summed E-state index contributed by atoms with van der Waals surface area (Å²) in [4.78, 5) is 15.7. The van der Waals surface area contributed by atoms with E-state index < -0.39 is 0 Å². The van der Waals surface area contributed by atoms with E-state index in [0.29, 0.717) is 12.8 Å². The van der Waals surface area contributed by atoms with Crippen molar-refractivity contribution in [2.45, 2.75) is 175 Å². The van der Waals surface area contributed by atoms with Crippen LogP contribution >= 0.6 is 0 Å². The number of rotatable bonds is 28. The molecule has 0 radical (unpaired) electrons. The zero-order valence-corrected chi connectivity index (χ0v) is 32.2. The Labute approximate surface area is 302 Å². The van der Waals surface area contributed by atoms with Crippen LogP contribution in [0.15, 0.2) is 48.5 Å². The molecule has 3 atom stereocenters. The molecule has 3 rings (SSSR count). The minimum absolute atomic E-state index is 0.0559. The van der Waals surface area contributed by atoms with Crippen molar-refractivity contribution in [3.8, 4) is 16.9 Å². The van der Waals surface area contributed by atoms with Crippen molar-refractivity contribution in [3.05, 3.63) is 54.1 Å². The molecule has 1 aliphatic heterocycles. The van der Waals surface area contributed by atoms with Crippen molar-refractivity contribution < 1.29 is 14.3 Å². The monoisotopic (exact) mass is 676 g/mol. The predicted molar refractivity (Wildman–Crippen MR) is 209 cm³/mol. The van der Waals surface area contributed by atoms with Gasteiger partial charge in [-0.15, -0.1) is 0 Å². The first kappa shape index (κ1) is 41.1. The molecule has 1 aliphatic rings. The third-order valence-corrected chi connectivity index (χ3v) is 10.9. The van der Waals surface area contributed by atoms with Gasteiger partial charge in [-0.3, -0.25) is 9.69 Å². The fourth-order valence-corrected chi connectivity index (χ4v) is 7.57. The van der Waals surface area contributed by atoms with E-state index in [2.05, 4.69) is 81.1 Å². The molecule has 4 heteroatoms. The number of hydrogen-bond donors (Lipinski definition) is 0. The SMILES string of the molecule is CCCCCCCCCCCOc1ccc(-c2ccc(CCC(=O)OC(CCCCCCCCCC)N3CC(CC)C(CC)C3)cc2)cc1. The quantitative estimate of drug-likeness (QED) is 0.0665. The molecule has 0 amide bonds. The molecule has 4 nitrogen and oxygen atoms in total. The van der Waals surface area contributed by atoms with Crippen molar-refractivity contribution in [2.24, 2.45) is 11.8 Å². The summed E-state index contributed by atoms with van der Waals surface area (Å²) in [5, 5.41) is 0. The molecule has 276 valence electrons. The number of aryl methyl sites for hydroxylation is 1. The topological polar surface area (TPSA) is 38.8 Å². The maximum Gasteiger partial charge on any atom is 0.307 e. The van der Waals surface area contributed by atoms with Gasteiger partial charge in [0.2, 0.25) is 0 Å². The molecule has 0 aliphatic carbocycles. The molecular weight excluding hydrogens is 602 g/mol. The van der Waals surface area contributed by atoms with Crippen LogP contribution in [0.1, 0.15) is 168 Å². The number of unbranched alkanes of at least 4 members (excludes halogenated alkanes) is 15. The minimum atomic E-state index is -0.0716. The van der Waals surface area contributed by atoms with Crippen molar-refractivity contribution in [1.29, 1.82) is 0 Å². The molecule has 1 heterocycles. The Hall–Kier alpha value is -2.33. The van der Waals surface area contributed by atoms with E-state index in [9.17, 15) is 4.79 Å². The second kappa shape index (κ2) is 25.6. The molecular formula is C45H73NO3. The standard InChI is InChI=1S/C45H73NO3/c1-5-9-11-13-15-17-19-21-23-35-48-43-32-30-42(31-33-43)41-28-25-38(26-29-41)27-34-45(47)49-44(24-22-20-18-16-14-12-10-6-2)46-36-39(7-3)40(8-4)37-46/h25-26,28-33,39-40,44H,5-24,27,34-37H2,1-4H3. The van der Waals surface area contributed by atoms with Crippen molar-refractivity contribution in [1.82, 2.24) is 4.90 Å². The number of esters is 1. The van der Waals surface area contributed by atoms with Crippen LogP contribution in [0, 0.1) is 11.8 Å². The fraction of sp³-hybridized carbons (Fsp3) is 0.711. The van der Waals surface area contributed by atoms with Gasteiger partial charge in [0.15, 0.2) is 6.23 Å². The predicted octanol–water partition coefficient (Wildman–Crippen LogP) is 13.0. The van der Waals surface area contributed by atoms with Crippen LogP contribution in [0.25, 0.3) is 11.1 Å². The normalized spacial score (nSPS) is 17.0. The van der Waals surface area contributed by atoms with Crippen LogP contribution in [0.3, 0.4) is 0 Å². The van der Waals surface area contributed by atoms with Gasteiger partial charge in [0.05, 0.1) is 6.61 Å². The van der Waals surface area contributed by atoms with Crippen LogP contribution in [0.4, 0.5) is 0 Å². The number of carbonyl (C=O) groups excluding carboxylic acids is 1. The lowest BCUT2D eigenvalue weighted by Crippen LogP contribution is -2.37. The summed E-state index contributed by atoms with van der Waals surface area (Å²) < 4.78 is 12.3.